The second kappa shape index (κ2) is 4.40. The lowest BCUT2D eigenvalue weighted by Crippen LogP contribution is -2.49. The van der Waals surface area contributed by atoms with Crippen LogP contribution in [0.3, 0.4) is 0 Å². The molecule has 1 aliphatic carbocycles. The van der Waals surface area contributed by atoms with E-state index in [4.69, 9.17) is 10.5 Å². The van der Waals surface area contributed by atoms with Crippen molar-refractivity contribution in [3.05, 3.63) is 0 Å². The van der Waals surface area contributed by atoms with Gasteiger partial charge in [-0.2, -0.15) is 0 Å². The van der Waals surface area contributed by atoms with Crippen LogP contribution in [0.4, 0.5) is 0 Å². The van der Waals surface area contributed by atoms with E-state index in [-0.39, 0.29) is 5.60 Å². The Morgan fingerprint density at radius 1 is 1.40 bits per heavy atom. The first-order chi connectivity index (χ1) is 7.05. The van der Waals surface area contributed by atoms with Gasteiger partial charge in [0.2, 0.25) is 0 Å². The Kier molecular flexibility index (Phi) is 3.33. The lowest BCUT2D eigenvalue weighted by Gasteiger charge is -2.39. The van der Waals surface area contributed by atoms with Gasteiger partial charge in [0.1, 0.15) is 0 Å². The SMILES string of the molecule is CC1(C)CN(CC2CCC(N)C2)CCO1. The normalized spacial score (nSPS) is 37.0. The topological polar surface area (TPSA) is 38.5 Å². The fourth-order valence-electron chi connectivity index (χ4n) is 2.91. The van der Waals surface area contributed by atoms with E-state index in [9.17, 15) is 0 Å². The maximum Gasteiger partial charge on any atom is 0.0753 e. The van der Waals surface area contributed by atoms with Crippen molar-refractivity contribution < 1.29 is 4.74 Å². The number of rotatable bonds is 2. The van der Waals surface area contributed by atoms with E-state index in [2.05, 4.69) is 18.7 Å². The highest BCUT2D eigenvalue weighted by molar-refractivity contribution is 4.84. The van der Waals surface area contributed by atoms with Crippen LogP contribution in [0.5, 0.6) is 0 Å². The smallest absolute Gasteiger partial charge is 0.0753 e. The molecule has 3 nitrogen and oxygen atoms in total. The van der Waals surface area contributed by atoms with Crippen molar-refractivity contribution in [2.75, 3.05) is 26.2 Å². The number of hydrogen-bond acceptors (Lipinski definition) is 3. The van der Waals surface area contributed by atoms with Crippen molar-refractivity contribution in [1.29, 1.82) is 0 Å². The molecule has 2 N–H and O–H groups in total. The Balaban J connectivity index is 1.79. The van der Waals surface area contributed by atoms with Gasteiger partial charge in [-0.3, -0.25) is 4.90 Å². The predicted octanol–water partition coefficient (Wildman–Crippen LogP) is 1.22. The van der Waals surface area contributed by atoms with Crippen molar-refractivity contribution >= 4 is 0 Å². The fourth-order valence-corrected chi connectivity index (χ4v) is 2.91. The van der Waals surface area contributed by atoms with Crippen molar-refractivity contribution in [1.82, 2.24) is 4.90 Å². The molecule has 15 heavy (non-hydrogen) atoms. The standard InChI is InChI=1S/C12H24N2O/c1-12(2)9-14(5-6-15-12)8-10-3-4-11(13)7-10/h10-11H,3-9,13H2,1-2H3. The maximum atomic E-state index is 5.94. The van der Waals surface area contributed by atoms with Crippen molar-refractivity contribution in [2.24, 2.45) is 11.7 Å². The number of nitrogens with two attached hydrogens (primary N) is 1. The monoisotopic (exact) mass is 212 g/mol. The molecule has 0 spiro atoms. The van der Waals surface area contributed by atoms with E-state index < -0.39 is 0 Å². The molecular weight excluding hydrogens is 188 g/mol. The number of nitrogens with zero attached hydrogens (tertiary/aromatic N) is 1. The zero-order valence-electron chi connectivity index (χ0n) is 10.0. The summed E-state index contributed by atoms with van der Waals surface area (Å²) in [5, 5.41) is 0. The van der Waals surface area contributed by atoms with Gasteiger partial charge in [-0.15, -0.1) is 0 Å². The summed E-state index contributed by atoms with van der Waals surface area (Å²) in [5.74, 6) is 0.828. The second-order valence-corrected chi connectivity index (χ2v) is 5.78. The summed E-state index contributed by atoms with van der Waals surface area (Å²) in [7, 11) is 0. The summed E-state index contributed by atoms with van der Waals surface area (Å²) in [4.78, 5) is 2.55. The molecule has 1 heterocycles. The van der Waals surface area contributed by atoms with E-state index in [1.54, 1.807) is 0 Å². The van der Waals surface area contributed by atoms with Gasteiger partial charge in [0.05, 0.1) is 12.2 Å². The molecule has 0 bridgehead atoms. The molecule has 0 radical (unpaired) electrons. The largest absolute Gasteiger partial charge is 0.373 e. The van der Waals surface area contributed by atoms with Crippen molar-refractivity contribution in [3.8, 4) is 0 Å². The maximum absolute atomic E-state index is 5.94. The molecule has 1 saturated carbocycles. The molecule has 2 fully saturated rings. The third-order valence-electron chi connectivity index (χ3n) is 3.60. The van der Waals surface area contributed by atoms with E-state index >= 15 is 0 Å². The highest BCUT2D eigenvalue weighted by Crippen LogP contribution is 2.26. The van der Waals surface area contributed by atoms with Crippen molar-refractivity contribution in [2.45, 2.75) is 44.8 Å². The first-order valence-electron chi connectivity index (χ1n) is 6.17. The zero-order chi connectivity index (χ0) is 10.9. The van der Waals surface area contributed by atoms with Crippen LogP contribution in [0.15, 0.2) is 0 Å². The van der Waals surface area contributed by atoms with Gasteiger partial charge < -0.3 is 10.5 Å². The molecule has 88 valence electrons. The Bertz CT molecular complexity index is 218. The average Bonchev–Trinajstić information content (AvgIpc) is 2.49. The van der Waals surface area contributed by atoms with Crippen LogP contribution >= 0.6 is 0 Å². The highest BCUT2D eigenvalue weighted by Gasteiger charge is 2.30. The molecule has 0 aromatic heterocycles. The van der Waals surface area contributed by atoms with Gasteiger partial charge in [-0.1, -0.05) is 0 Å². The average molecular weight is 212 g/mol. The Morgan fingerprint density at radius 3 is 2.80 bits per heavy atom. The highest BCUT2D eigenvalue weighted by atomic mass is 16.5. The third kappa shape index (κ3) is 3.16. The van der Waals surface area contributed by atoms with E-state index in [0.29, 0.717) is 6.04 Å². The molecule has 2 rings (SSSR count). The van der Waals surface area contributed by atoms with E-state index in [1.165, 1.54) is 25.8 Å². The van der Waals surface area contributed by atoms with E-state index in [0.717, 1.165) is 25.6 Å². The zero-order valence-corrected chi connectivity index (χ0v) is 10.0. The molecule has 0 amide bonds. The van der Waals surface area contributed by atoms with Gasteiger partial charge in [-0.05, 0) is 39.0 Å². The number of hydrogen-bond donors (Lipinski definition) is 1. The summed E-state index contributed by atoms with van der Waals surface area (Å²) in [5.41, 5.74) is 5.98. The number of ether oxygens (including phenoxy) is 1. The minimum absolute atomic E-state index is 0.0406. The molecular formula is C12H24N2O. The van der Waals surface area contributed by atoms with Crippen LogP contribution in [0.1, 0.15) is 33.1 Å². The molecule has 2 aliphatic rings. The molecule has 1 saturated heterocycles. The van der Waals surface area contributed by atoms with Crippen LogP contribution in [0.2, 0.25) is 0 Å². The molecule has 0 aromatic rings. The molecule has 0 aromatic carbocycles. The Labute approximate surface area is 93.0 Å². The fraction of sp³-hybridized carbons (Fsp3) is 1.00. The van der Waals surface area contributed by atoms with Gasteiger partial charge in [0, 0.05) is 25.7 Å². The molecule has 2 atom stereocenters. The lowest BCUT2D eigenvalue weighted by molar-refractivity contribution is -0.0888. The summed E-state index contributed by atoms with van der Waals surface area (Å²) in [6.07, 6.45) is 3.76. The van der Waals surface area contributed by atoms with Crippen LogP contribution in [-0.4, -0.2) is 42.8 Å². The molecule has 2 unspecified atom stereocenters. The van der Waals surface area contributed by atoms with Crippen LogP contribution in [0.25, 0.3) is 0 Å². The van der Waals surface area contributed by atoms with Crippen LogP contribution in [0, 0.1) is 5.92 Å². The first kappa shape index (κ1) is 11.4. The summed E-state index contributed by atoms with van der Waals surface area (Å²) >= 11 is 0. The third-order valence-corrected chi connectivity index (χ3v) is 3.60. The lowest BCUT2D eigenvalue weighted by atomic mass is 10.0. The van der Waals surface area contributed by atoms with Gasteiger partial charge in [-0.25, -0.2) is 0 Å². The minimum atomic E-state index is 0.0406. The Hall–Kier alpha value is -0.120. The summed E-state index contributed by atoms with van der Waals surface area (Å²) in [6.45, 7) is 8.62. The Morgan fingerprint density at radius 2 is 2.20 bits per heavy atom. The predicted molar refractivity (Wildman–Crippen MR) is 61.8 cm³/mol. The van der Waals surface area contributed by atoms with Crippen LogP contribution < -0.4 is 5.73 Å². The molecule has 3 heteroatoms. The summed E-state index contributed by atoms with van der Waals surface area (Å²) < 4.78 is 5.71. The van der Waals surface area contributed by atoms with Crippen molar-refractivity contribution in [3.63, 3.8) is 0 Å². The molecule has 1 aliphatic heterocycles. The van der Waals surface area contributed by atoms with Gasteiger partial charge in [0.25, 0.3) is 0 Å². The second-order valence-electron chi connectivity index (χ2n) is 5.78. The minimum Gasteiger partial charge on any atom is -0.373 e. The first-order valence-corrected chi connectivity index (χ1v) is 6.17. The van der Waals surface area contributed by atoms with Gasteiger partial charge >= 0.3 is 0 Å². The number of morpholine rings is 1. The van der Waals surface area contributed by atoms with E-state index in [1.807, 2.05) is 0 Å². The van der Waals surface area contributed by atoms with Gasteiger partial charge in [0.15, 0.2) is 0 Å². The quantitative estimate of drug-likeness (QED) is 0.748. The summed E-state index contributed by atoms with van der Waals surface area (Å²) in [6, 6.07) is 0.462. The van der Waals surface area contributed by atoms with Crippen LogP contribution in [-0.2, 0) is 4.74 Å².